The van der Waals surface area contributed by atoms with E-state index in [0.29, 0.717) is 18.0 Å². The van der Waals surface area contributed by atoms with E-state index in [-0.39, 0.29) is 19.0 Å². The molecule has 50 heavy (non-hydrogen) atoms. The zero-order chi connectivity index (χ0) is 35.7. The highest BCUT2D eigenvalue weighted by Gasteiger charge is 2.19. The van der Waals surface area contributed by atoms with E-state index in [4.69, 9.17) is 9.47 Å². The van der Waals surface area contributed by atoms with Gasteiger partial charge < -0.3 is 33.7 Å². The number of hydrogen-bond donors (Lipinski definition) is 2. The van der Waals surface area contributed by atoms with Gasteiger partial charge in [0.05, 0.1) is 38.5 Å². The molecular formula is C42H46FN3O4. The summed E-state index contributed by atoms with van der Waals surface area (Å²) >= 11 is 0. The van der Waals surface area contributed by atoms with Gasteiger partial charge in [0, 0.05) is 77.1 Å². The average molecular weight is 676 g/mol. The normalized spacial score (nSPS) is 11.4. The molecule has 0 aliphatic heterocycles. The van der Waals surface area contributed by atoms with Crippen molar-refractivity contribution >= 4 is 49.3 Å². The Kier molecular flexibility index (Phi) is 10.0. The highest BCUT2D eigenvalue weighted by molar-refractivity contribution is 6.13. The van der Waals surface area contributed by atoms with E-state index in [9.17, 15) is 14.6 Å². The first-order valence-corrected chi connectivity index (χ1v) is 17.1. The number of benzene rings is 5. The van der Waals surface area contributed by atoms with Crippen molar-refractivity contribution in [3.63, 3.8) is 0 Å². The van der Waals surface area contributed by atoms with Crippen LogP contribution < -0.4 is 14.4 Å². The lowest BCUT2D eigenvalue weighted by Gasteiger charge is -2.17. The Morgan fingerprint density at radius 3 is 2.04 bits per heavy atom. The number of rotatable bonds is 9. The topological polar surface area (TPSA) is 72.0 Å². The van der Waals surface area contributed by atoms with Gasteiger partial charge >= 0.3 is 0 Å². The van der Waals surface area contributed by atoms with Crippen molar-refractivity contribution in [1.82, 2.24) is 9.13 Å². The number of methoxy groups -OCH3 is 2. The van der Waals surface area contributed by atoms with Gasteiger partial charge in [-0.1, -0.05) is 24.3 Å². The number of hydrogen-bond acceptors (Lipinski definition) is 5. The largest absolute Gasteiger partial charge is 0.497 e. The van der Waals surface area contributed by atoms with Crippen LogP contribution in [0.25, 0.3) is 43.6 Å². The van der Waals surface area contributed by atoms with Gasteiger partial charge in [0.1, 0.15) is 17.3 Å². The SMILES string of the molecule is CCN(C)c1ccc2c(c1)c1c(C)c(CO)cc(C)c1n2CC.COc1cc(OC)c2c3cc(CO)ccc3n(Cc3ccc(F)cc3)c2c1. The number of aromatic nitrogens is 2. The molecule has 0 atom stereocenters. The standard InChI is InChI=1S/C22H20FNO3.C20H26N2O/c1-26-17-10-20-22(21(11-17)27-2)18-9-15(13-25)5-8-19(18)24(20)12-14-3-6-16(23)7-4-14;1-6-21(5)16-8-9-18-17(11-16)19-14(4)15(12-23)10-13(3)20(19)22(18)7-2/h3-11,25H,12-13H2,1-2H3;8-11,23H,6-7,12H2,1-5H3. The van der Waals surface area contributed by atoms with E-state index in [0.717, 1.165) is 51.6 Å². The van der Waals surface area contributed by atoms with Crippen LogP contribution in [0.15, 0.2) is 78.9 Å². The highest BCUT2D eigenvalue weighted by atomic mass is 19.1. The fraction of sp³-hybridized carbons (Fsp3) is 0.286. The highest BCUT2D eigenvalue weighted by Crippen LogP contribution is 2.40. The molecule has 0 unspecified atom stereocenters. The van der Waals surface area contributed by atoms with Gasteiger partial charge in [-0.3, -0.25) is 0 Å². The smallest absolute Gasteiger partial charge is 0.132 e. The lowest BCUT2D eigenvalue weighted by atomic mass is 9.99. The zero-order valence-electron chi connectivity index (χ0n) is 30.0. The number of ether oxygens (including phenoxy) is 2. The molecule has 2 N–H and O–H groups in total. The van der Waals surface area contributed by atoms with Crippen molar-refractivity contribution in [1.29, 1.82) is 0 Å². The maximum atomic E-state index is 13.3. The summed E-state index contributed by atoms with van der Waals surface area (Å²) in [5.41, 5.74) is 11.1. The van der Waals surface area contributed by atoms with Crippen LogP contribution in [0.5, 0.6) is 11.5 Å². The van der Waals surface area contributed by atoms with Crippen molar-refractivity contribution in [2.75, 3.05) is 32.7 Å². The Bertz CT molecular complexity index is 2320. The fourth-order valence-electron chi connectivity index (χ4n) is 7.17. The minimum absolute atomic E-state index is 0.0287. The Labute approximate surface area is 292 Å². The van der Waals surface area contributed by atoms with Crippen LogP contribution in [-0.4, -0.2) is 47.2 Å². The van der Waals surface area contributed by atoms with E-state index < -0.39 is 0 Å². The van der Waals surface area contributed by atoms with Crippen molar-refractivity contribution < 1.29 is 24.1 Å². The van der Waals surface area contributed by atoms with Crippen LogP contribution in [0.4, 0.5) is 10.1 Å². The Morgan fingerprint density at radius 1 is 0.720 bits per heavy atom. The molecule has 0 aliphatic carbocycles. The second kappa shape index (κ2) is 14.4. The number of halogens is 1. The van der Waals surface area contributed by atoms with Gasteiger partial charge in [0.2, 0.25) is 0 Å². The van der Waals surface area contributed by atoms with Gasteiger partial charge in [-0.2, -0.15) is 0 Å². The number of anilines is 1. The second-order valence-electron chi connectivity index (χ2n) is 12.8. The van der Waals surface area contributed by atoms with E-state index in [1.807, 2.05) is 30.3 Å². The molecule has 8 heteroatoms. The van der Waals surface area contributed by atoms with E-state index in [1.165, 1.54) is 50.8 Å². The quantitative estimate of drug-likeness (QED) is 0.160. The molecule has 0 bridgehead atoms. The molecule has 7 aromatic rings. The van der Waals surface area contributed by atoms with Crippen LogP contribution in [0.2, 0.25) is 0 Å². The third kappa shape index (κ3) is 6.14. The number of aliphatic hydroxyl groups excluding tert-OH is 2. The molecule has 0 aliphatic rings. The molecule has 7 nitrogen and oxygen atoms in total. The lowest BCUT2D eigenvalue weighted by molar-refractivity contribution is 0.281. The van der Waals surface area contributed by atoms with Crippen molar-refractivity contribution in [3.8, 4) is 11.5 Å². The fourth-order valence-corrected chi connectivity index (χ4v) is 7.17. The summed E-state index contributed by atoms with van der Waals surface area (Å²) in [5, 5.41) is 23.8. The number of nitrogens with zero attached hydrogens (tertiary/aromatic N) is 3. The summed E-state index contributed by atoms with van der Waals surface area (Å²) < 4.78 is 28.9. The zero-order valence-corrected chi connectivity index (χ0v) is 30.0. The van der Waals surface area contributed by atoms with E-state index in [1.54, 1.807) is 26.4 Å². The predicted molar refractivity (Wildman–Crippen MR) is 203 cm³/mol. The molecule has 0 spiro atoms. The number of fused-ring (bicyclic) bond motifs is 6. The molecule has 7 rings (SSSR count). The molecule has 0 saturated carbocycles. The Balaban J connectivity index is 0.000000175. The first-order chi connectivity index (χ1) is 24.2. The van der Waals surface area contributed by atoms with Crippen LogP contribution in [0.3, 0.4) is 0 Å². The summed E-state index contributed by atoms with van der Waals surface area (Å²) in [6, 6.07) is 25.1. The van der Waals surface area contributed by atoms with Gasteiger partial charge in [-0.05, 0) is 98.0 Å². The van der Waals surface area contributed by atoms with Gasteiger partial charge in [0.15, 0.2) is 0 Å². The molecule has 260 valence electrons. The molecule has 0 radical (unpaired) electrons. The lowest BCUT2D eigenvalue weighted by Crippen LogP contribution is -2.15. The van der Waals surface area contributed by atoms with Crippen LogP contribution in [-0.2, 0) is 26.3 Å². The molecule has 5 aromatic carbocycles. The van der Waals surface area contributed by atoms with Crippen LogP contribution in [0, 0.1) is 19.7 Å². The average Bonchev–Trinajstić information content (AvgIpc) is 3.65. The van der Waals surface area contributed by atoms with Gasteiger partial charge in [-0.15, -0.1) is 0 Å². The Hall–Kier alpha value is -5.05. The summed E-state index contributed by atoms with van der Waals surface area (Å²) in [4.78, 5) is 2.26. The number of aryl methyl sites for hydroxylation is 3. The predicted octanol–water partition coefficient (Wildman–Crippen LogP) is 8.87. The minimum Gasteiger partial charge on any atom is -0.497 e. The first kappa shape index (κ1) is 34.8. The Morgan fingerprint density at radius 2 is 1.40 bits per heavy atom. The van der Waals surface area contributed by atoms with Crippen molar-refractivity contribution in [3.05, 3.63) is 112 Å². The molecule has 0 amide bonds. The molecule has 2 aromatic heterocycles. The summed E-state index contributed by atoms with van der Waals surface area (Å²) in [6.07, 6.45) is 0. The van der Waals surface area contributed by atoms with Gasteiger partial charge in [-0.25, -0.2) is 4.39 Å². The maximum absolute atomic E-state index is 13.3. The van der Waals surface area contributed by atoms with Crippen molar-refractivity contribution in [2.24, 2.45) is 0 Å². The third-order valence-corrected chi connectivity index (χ3v) is 9.93. The van der Waals surface area contributed by atoms with Crippen LogP contribution >= 0.6 is 0 Å². The summed E-state index contributed by atoms with van der Waals surface area (Å²) in [5.74, 6) is 1.16. The van der Waals surface area contributed by atoms with Gasteiger partial charge in [0.25, 0.3) is 0 Å². The molecule has 0 saturated heterocycles. The van der Waals surface area contributed by atoms with Crippen molar-refractivity contribution in [2.45, 2.75) is 54.0 Å². The molecule has 0 fully saturated rings. The molecule has 2 heterocycles. The molecular weight excluding hydrogens is 629 g/mol. The second-order valence-corrected chi connectivity index (χ2v) is 12.8. The maximum Gasteiger partial charge on any atom is 0.132 e. The summed E-state index contributed by atoms with van der Waals surface area (Å²) in [7, 11) is 5.38. The minimum atomic E-state index is -0.253. The first-order valence-electron chi connectivity index (χ1n) is 17.1. The monoisotopic (exact) mass is 675 g/mol. The number of aliphatic hydroxyl groups is 2. The van der Waals surface area contributed by atoms with E-state index in [2.05, 4.69) is 73.0 Å². The van der Waals surface area contributed by atoms with Crippen LogP contribution in [0.1, 0.15) is 41.7 Å². The van der Waals surface area contributed by atoms with E-state index >= 15 is 0 Å². The summed E-state index contributed by atoms with van der Waals surface area (Å²) in [6.45, 7) is 11.2. The third-order valence-electron chi connectivity index (χ3n) is 9.93.